The molecule has 1 fully saturated rings. The number of nitrogens with zero attached hydrogens (tertiary/aromatic N) is 1. The third-order valence-corrected chi connectivity index (χ3v) is 7.30. The number of halogens is 2. The number of primary amides is 1. The highest BCUT2D eigenvalue weighted by Crippen LogP contribution is 2.33. The second kappa shape index (κ2) is 6.36. The summed E-state index contributed by atoms with van der Waals surface area (Å²) in [5.41, 5.74) is 6.28. The van der Waals surface area contributed by atoms with E-state index in [2.05, 4.69) is 31.9 Å². The number of rotatable bonds is 3. The van der Waals surface area contributed by atoms with Crippen LogP contribution in [0.1, 0.15) is 24.8 Å². The number of carbonyl (C=O) groups is 1. The van der Waals surface area contributed by atoms with Gasteiger partial charge in [0.25, 0.3) is 0 Å². The van der Waals surface area contributed by atoms with Gasteiger partial charge in [0.2, 0.25) is 15.9 Å². The molecule has 2 rings (SSSR count). The van der Waals surface area contributed by atoms with Gasteiger partial charge in [0, 0.05) is 15.5 Å². The third-order valence-electron chi connectivity index (χ3n) is 3.58. The molecule has 1 aromatic carbocycles. The number of benzene rings is 1. The average molecular weight is 440 g/mol. The molecule has 1 aliphatic heterocycles. The molecule has 0 radical (unpaired) electrons. The van der Waals surface area contributed by atoms with Crippen LogP contribution in [0.3, 0.4) is 0 Å². The minimum Gasteiger partial charge on any atom is -0.368 e. The SMILES string of the molecule is Cc1cc(Br)c(S(=O)(=O)N2CCCCC2C(N)=O)cc1Br. The fourth-order valence-electron chi connectivity index (χ4n) is 2.43. The Morgan fingerprint density at radius 2 is 1.95 bits per heavy atom. The maximum absolute atomic E-state index is 12.9. The van der Waals surface area contributed by atoms with E-state index in [1.165, 1.54) is 4.31 Å². The van der Waals surface area contributed by atoms with Crippen LogP contribution in [0.4, 0.5) is 0 Å². The van der Waals surface area contributed by atoms with Gasteiger partial charge in [-0.2, -0.15) is 4.31 Å². The Morgan fingerprint density at radius 1 is 1.29 bits per heavy atom. The zero-order valence-corrected chi connectivity index (χ0v) is 15.5. The Hall–Kier alpha value is -0.440. The molecule has 0 bridgehead atoms. The van der Waals surface area contributed by atoms with Crippen LogP contribution in [0.15, 0.2) is 26.0 Å². The fraction of sp³-hybridized carbons (Fsp3) is 0.462. The second-order valence-corrected chi connectivity index (χ2v) is 8.63. The zero-order valence-electron chi connectivity index (χ0n) is 11.5. The van der Waals surface area contributed by atoms with Crippen molar-refractivity contribution in [3.05, 3.63) is 26.6 Å². The van der Waals surface area contributed by atoms with Crippen LogP contribution in [-0.2, 0) is 14.8 Å². The predicted molar refractivity (Wildman–Crippen MR) is 87.3 cm³/mol. The van der Waals surface area contributed by atoms with Gasteiger partial charge in [-0.15, -0.1) is 0 Å². The average Bonchev–Trinajstić information content (AvgIpc) is 2.42. The molecule has 1 aliphatic rings. The Labute approximate surface area is 141 Å². The van der Waals surface area contributed by atoms with Crippen molar-refractivity contribution < 1.29 is 13.2 Å². The summed E-state index contributed by atoms with van der Waals surface area (Å²) < 4.78 is 28.1. The Morgan fingerprint density at radius 3 is 2.57 bits per heavy atom. The van der Waals surface area contributed by atoms with E-state index in [0.717, 1.165) is 18.4 Å². The van der Waals surface area contributed by atoms with E-state index >= 15 is 0 Å². The first-order valence-corrected chi connectivity index (χ1v) is 9.54. The molecule has 1 amide bonds. The summed E-state index contributed by atoms with van der Waals surface area (Å²) in [5, 5.41) is 0. The summed E-state index contributed by atoms with van der Waals surface area (Å²) in [4.78, 5) is 11.7. The highest BCUT2D eigenvalue weighted by atomic mass is 79.9. The molecule has 21 heavy (non-hydrogen) atoms. The van der Waals surface area contributed by atoms with Gasteiger partial charge >= 0.3 is 0 Å². The van der Waals surface area contributed by atoms with E-state index in [1.807, 2.05) is 6.92 Å². The van der Waals surface area contributed by atoms with Crippen LogP contribution < -0.4 is 5.73 Å². The first-order chi connectivity index (χ1) is 9.75. The van der Waals surface area contributed by atoms with Crippen molar-refractivity contribution in [1.29, 1.82) is 0 Å². The van der Waals surface area contributed by atoms with E-state index < -0.39 is 22.0 Å². The molecular weight excluding hydrogens is 424 g/mol. The topological polar surface area (TPSA) is 80.5 Å². The molecular formula is C13H16Br2N2O3S. The molecule has 0 saturated carbocycles. The van der Waals surface area contributed by atoms with Crippen molar-refractivity contribution >= 4 is 47.8 Å². The van der Waals surface area contributed by atoms with Crippen molar-refractivity contribution in [3.8, 4) is 0 Å². The first-order valence-electron chi connectivity index (χ1n) is 6.52. The molecule has 2 N–H and O–H groups in total. The van der Waals surface area contributed by atoms with Crippen LogP contribution in [0.5, 0.6) is 0 Å². The molecule has 8 heteroatoms. The van der Waals surface area contributed by atoms with E-state index in [4.69, 9.17) is 5.73 Å². The highest BCUT2D eigenvalue weighted by molar-refractivity contribution is 9.11. The van der Waals surface area contributed by atoms with Crippen molar-refractivity contribution in [2.75, 3.05) is 6.54 Å². The summed E-state index contributed by atoms with van der Waals surface area (Å²) in [6.45, 7) is 2.19. The molecule has 0 spiro atoms. The van der Waals surface area contributed by atoms with E-state index in [0.29, 0.717) is 21.9 Å². The number of carbonyl (C=O) groups excluding carboxylic acids is 1. The lowest BCUT2D eigenvalue weighted by Gasteiger charge is -2.32. The summed E-state index contributed by atoms with van der Waals surface area (Å²) in [6.07, 6.45) is 2.01. The standard InChI is InChI=1S/C13H16Br2N2O3S/c1-8-6-10(15)12(7-9(8)14)21(19,20)17-5-3-2-4-11(17)13(16)18/h6-7,11H,2-5H2,1H3,(H2,16,18). The lowest BCUT2D eigenvalue weighted by atomic mass is 10.0. The monoisotopic (exact) mass is 438 g/mol. The Kier molecular flexibility index (Phi) is 5.12. The van der Waals surface area contributed by atoms with Gasteiger partial charge < -0.3 is 5.73 Å². The van der Waals surface area contributed by atoms with Crippen LogP contribution in [-0.4, -0.2) is 31.2 Å². The molecule has 1 aromatic rings. The number of sulfonamides is 1. The maximum Gasteiger partial charge on any atom is 0.244 e. The van der Waals surface area contributed by atoms with E-state index in [-0.39, 0.29) is 4.90 Å². The number of amides is 1. The van der Waals surface area contributed by atoms with Crippen LogP contribution >= 0.6 is 31.9 Å². The molecule has 1 unspecified atom stereocenters. The smallest absolute Gasteiger partial charge is 0.244 e. The quantitative estimate of drug-likeness (QED) is 0.785. The summed E-state index contributed by atoms with van der Waals surface area (Å²) in [6, 6.07) is 2.53. The molecule has 1 saturated heterocycles. The van der Waals surface area contributed by atoms with Crippen LogP contribution in [0.25, 0.3) is 0 Å². The van der Waals surface area contributed by atoms with Gasteiger partial charge in [-0.05, 0) is 53.4 Å². The van der Waals surface area contributed by atoms with Gasteiger partial charge in [-0.1, -0.05) is 22.4 Å². The number of hydrogen-bond donors (Lipinski definition) is 1. The molecule has 5 nitrogen and oxygen atoms in total. The van der Waals surface area contributed by atoms with Crippen LogP contribution in [0, 0.1) is 6.92 Å². The van der Waals surface area contributed by atoms with Gasteiger partial charge in [-0.25, -0.2) is 8.42 Å². The molecule has 116 valence electrons. The molecule has 1 heterocycles. The lowest BCUT2D eigenvalue weighted by Crippen LogP contribution is -2.50. The second-order valence-electron chi connectivity index (χ2n) is 5.06. The third kappa shape index (κ3) is 3.33. The zero-order chi connectivity index (χ0) is 15.8. The predicted octanol–water partition coefficient (Wildman–Crippen LogP) is 2.55. The van der Waals surface area contributed by atoms with Gasteiger partial charge in [0.15, 0.2) is 0 Å². The largest absolute Gasteiger partial charge is 0.368 e. The van der Waals surface area contributed by atoms with Crippen LogP contribution in [0.2, 0.25) is 0 Å². The number of piperidine rings is 1. The van der Waals surface area contributed by atoms with Crippen molar-refractivity contribution in [1.82, 2.24) is 4.31 Å². The number of aryl methyl sites for hydroxylation is 1. The first kappa shape index (κ1) is 16.9. The molecule has 0 aromatic heterocycles. The van der Waals surface area contributed by atoms with E-state index in [1.54, 1.807) is 12.1 Å². The van der Waals surface area contributed by atoms with Gasteiger partial charge in [-0.3, -0.25) is 4.79 Å². The minimum atomic E-state index is -3.77. The summed E-state index contributed by atoms with van der Waals surface area (Å²) in [7, 11) is -3.77. The van der Waals surface area contributed by atoms with Gasteiger partial charge in [0.1, 0.15) is 6.04 Å². The normalized spacial score (nSPS) is 20.4. The molecule has 1 atom stereocenters. The van der Waals surface area contributed by atoms with Crippen molar-refractivity contribution in [3.63, 3.8) is 0 Å². The van der Waals surface area contributed by atoms with Crippen molar-refractivity contribution in [2.24, 2.45) is 5.73 Å². The summed E-state index contributed by atoms with van der Waals surface area (Å²) >= 11 is 6.64. The maximum atomic E-state index is 12.9. The minimum absolute atomic E-state index is 0.146. The highest BCUT2D eigenvalue weighted by Gasteiger charge is 2.37. The van der Waals surface area contributed by atoms with Crippen molar-refractivity contribution in [2.45, 2.75) is 37.1 Å². The molecule has 0 aliphatic carbocycles. The summed E-state index contributed by atoms with van der Waals surface area (Å²) in [5.74, 6) is -0.597. The number of nitrogens with two attached hydrogens (primary N) is 1. The fourth-order valence-corrected chi connectivity index (χ4v) is 5.73. The van der Waals surface area contributed by atoms with E-state index in [9.17, 15) is 13.2 Å². The Bertz CT molecular complexity index is 676. The lowest BCUT2D eigenvalue weighted by molar-refractivity contribution is -0.122. The Balaban J connectivity index is 2.50. The van der Waals surface area contributed by atoms with Gasteiger partial charge in [0.05, 0.1) is 4.90 Å². The number of hydrogen-bond acceptors (Lipinski definition) is 3.